The maximum absolute atomic E-state index is 13.4. The van der Waals surface area contributed by atoms with Gasteiger partial charge in [-0.2, -0.15) is 0 Å². The van der Waals surface area contributed by atoms with E-state index in [4.69, 9.17) is 9.15 Å². The Balaban J connectivity index is 1.63. The Hall–Kier alpha value is -2.92. The SMILES string of the molecule is CC(C)c1ccc(CN(C[C@@H]2CCCO2)C(=O)c2cc3ccccc3oc2=O)cc1. The molecule has 1 amide bonds. The Morgan fingerprint density at radius 1 is 1.13 bits per heavy atom. The molecule has 0 spiro atoms. The molecule has 30 heavy (non-hydrogen) atoms. The summed E-state index contributed by atoms with van der Waals surface area (Å²) in [5.41, 5.74) is 2.22. The fraction of sp³-hybridized carbons (Fsp3) is 0.360. The first-order valence-electron chi connectivity index (χ1n) is 10.5. The van der Waals surface area contributed by atoms with Gasteiger partial charge in [0.15, 0.2) is 0 Å². The summed E-state index contributed by atoms with van der Waals surface area (Å²) in [5.74, 6) is 0.129. The zero-order valence-corrected chi connectivity index (χ0v) is 17.5. The van der Waals surface area contributed by atoms with Crippen molar-refractivity contribution in [2.24, 2.45) is 0 Å². The summed E-state index contributed by atoms with van der Waals surface area (Å²) < 4.78 is 11.2. The number of para-hydroxylation sites is 1. The number of fused-ring (bicyclic) bond motifs is 1. The van der Waals surface area contributed by atoms with Crippen LogP contribution in [0.3, 0.4) is 0 Å². The third-order valence-corrected chi connectivity index (χ3v) is 5.63. The monoisotopic (exact) mass is 405 g/mol. The van der Waals surface area contributed by atoms with E-state index < -0.39 is 5.63 Å². The minimum Gasteiger partial charge on any atom is -0.422 e. The molecule has 0 saturated carbocycles. The maximum atomic E-state index is 13.4. The topological polar surface area (TPSA) is 59.8 Å². The second-order valence-corrected chi connectivity index (χ2v) is 8.20. The van der Waals surface area contributed by atoms with E-state index in [9.17, 15) is 9.59 Å². The van der Waals surface area contributed by atoms with Crippen LogP contribution in [-0.4, -0.2) is 30.1 Å². The predicted octanol–water partition coefficient (Wildman–Crippen LogP) is 4.74. The molecule has 0 radical (unpaired) electrons. The Kier molecular flexibility index (Phi) is 6.00. The van der Waals surface area contributed by atoms with Crippen molar-refractivity contribution < 1.29 is 13.9 Å². The van der Waals surface area contributed by atoms with Crippen molar-refractivity contribution in [1.29, 1.82) is 0 Å². The van der Waals surface area contributed by atoms with Gasteiger partial charge < -0.3 is 14.1 Å². The minimum absolute atomic E-state index is 0.00335. The number of carbonyl (C=O) groups excluding carboxylic acids is 1. The van der Waals surface area contributed by atoms with Gasteiger partial charge in [-0.25, -0.2) is 4.79 Å². The number of carbonyl (C=O) groups is 1. The van der Waals surface area contributed by atoms with Gasteiger partial charge in [0.1, 0.15) is 11.1 Å². The quantitative estimate of drug-likeness (QED) is 0.556. The Morgan fingerprint density at radius 2 is 1.90 bits per heavy atom. The van der Waals surface area contributed by atoms with Crippen LogP contribution in [0.4, 0.5) is 0 Å². The molecule has 0 bridgehead atoms. The Bertz CT molecular complexity index is 1080. The smallest absolute Gasteiger partial charge is 0.349 e. The lowest BCUT2D eigenvalue weighted by atomic mass is 10.0. The summed E-state index contributed by atoms with van der Waals surface area (Å²) >= 11 is 0. The van der Waals surface area contributed by atoms with Crippen molar-refractivity contribution in [1.82, 2.24) is 4.90 Å². The molecule has 2 aromatic carbocycles. The molecule has 2 heterocycles. The van der Waals surface area contributed by atoms with Gasteiger partial charge in [-0.3, -0.25) is 4.79 Å². The molecule has 5 heteroatoms. The van der Waals surface area contributed by atoms with E-state index >= 15 is 0 Å². The lowest BCUT2D eigenvalue weighted by Crippen LogP contribution is -2.38. The highest BCUT2D eigenvalue weighted by molar-refractivity contribution is 5.96. The molecule has 0 aliphatic carbocycles. The standard InChI is InChI=1S/C25H27NO4/c1-17(2)19-11-9-18(10-12-19)15-26(16-21-7-5-13-29-21)24(27)22-14-20-6-3-4-8-23(20)30-25(22)28/h3-4,6,8-12,14,17,21H,5,7,13,15-16H2,1-2H3/t21-/m0/s1. The number of amides is 1. The zero-order chi connectivity index (χ0) is 21.1. The van der Waals surface area contributed by atoms with Crippen LogP contribution in [0.15, 0.2) is 63.8 Å². The summed E-state index contributed by atoms with van der Waals surface area (Å²) in [7, 11) is 0. The van der Waals surface area contributed by atoms with Crippen LogP contribution in [0.25, 0.3) is 11.0 Å². The summed E-state index contributed by atoms with van der Waals surface area (Å²) in [5, 5.41) is 0.735. The molecule has 3 aromatic rings. The van der Waals surface area contributed by atoms with Crippen molar-refractivity contribution in [2.75, 3.05) is 13.2 Å². The number of benzene rings is 2. The van der Waals surface area contributed by atoms with Gasteiger partial charge in [0.05, 0.1) is 6.10 Å². The molecule has 1 atom stereocenters. The van der Waals surface area contributed by atoms with Crippen LogP contribution in [0, 0.1) is 0 Å². The summed E-state index contributed by atoms with van der Waals surface area (Å²) in [6, 6.07) is 17.2. The van der Waals surface area contributed by atoms with E-state index in [1.807, 2.05) is 24.3 Å². The average Bonchev–Trinajstić information content (AvgIpc) is 3.26. The molecule has 0 N–H and O–H groups in total. The number of hydrogen-bond donors (Lipinski definition) is 0. The zero-order valence-electron chi connectivity index (χ0n) is 17.5. The van der Waals surface area contributed by atoms with Gasteiger partial charge in [-0.05, 0) is 42.0 Å². The van der Waals surface area contributed by atoms with Gasteiger partial charge in [-0.15, -0.1) is 0 Å². The second kappa shape index (κ2) is 8.84. The van der Waals surface area contributed by atoms with Crippen LogP contribution in [0.1, 0.15) is 54.1 Å². The van der Waals surface area contributed by atoms with Gasteiger partial charge >= 0.3 is 5.63 Å². The molecule has 4 rings (SSSR count). The van der Waals surface area contributed by atoms with E-state index in [2.05, 4.69) is 26.0 Å². The van der Waals surface area contributed by atoms with Gasteiger partial charge in [0.25, 0.3) is 5.91 Å². The van der Waals surface area contributed by atoms with Crippen molar-refractivity contribution in [2.45, 2.75) is 45.3 Å². The van der Waals surface area contributed by atoms with Gasteiger partial charge in [0, 0.05) is 25.1 Å². The van der Waals surface area contributed by atoms with Crippen LogP contribution in [0.2, 0.25) is 0 Å². The average molecular weight is 405 g/mol. The van der Waals surface area contributed by atoms with Crippen molar-refractivity contribution in [3.63, 3.8) is 0 Å². The molecule has 1 saturated heterocycles. The molecule has 5 nitrogen and oxygen atoms in total. The third kappa shape index (κ3) is 4.46. The first kappa shape index (κ1) is 20.4. The van der Waals surface area contributed by atoms with Crippen LogP contribution >= 0.6 is 0 Å². The molecule has 1 aromatic heterocycles. The normalized spacial score (nSPS) is 16.3. The highest BCUT2D eigenvalue weighted by Crippen LogP contribution is 2.20. The van der Waals surface area contributed by atoms with E-state index in [1.165, 1.54) is 5.56 Å². The van der Waals surface area contributed by atoms with E-state index in [-0.39, 0.29) is 17.6 Å². The van der Waals surface area contributed by atoms with E-state index in [0.717, 1.165) is 23.8 Å². The largest absolute Gasteiger partial charge is 0.422 e. The molecule has 1 fully saturated rings. The molecule has 1 aliphatic rings. The molecular formula is C25H27NO4. The number of ether oxygens (including phenoxy) is 1. The van der Waals surface area contributed by atoms with Gasteiger partial charge in [0.2, 0.25) is 0 Å². The minimum atomic E-state index is -0.605. The highest BCUT2D eigenvalue weighted by Gasteiger charge is 2.26. The Labute approximate surface area is 176 Å². The first-order chi connectivity index (χ1) is 14.5. The lowest BCUT2D eigenvalue weighted by Gasteiger charge is -2.25. The molecule has 156 valence electrons. The van der Waals surface area contributed by atoms with Crippen molar-refractivity contribution in [3.05, 3.63) is 81.7 Å². The molecule has 1 aliphatic heterocycles. The van der Waals surface area contributed by atoms with Crippen molar-refractivity contribution in [3.8, 4) is 0 Å². The fourth-order valence-corrected chi connectivity index (χ4v) is 3.86. The number of hydrogen-bond acceptors (Lipinski definition) is 4. The number of nitrogens with zero attached hydrogens (tertiary/aromatic N) is 1. The van der Waals surface area contributed by atoms with Gasteiger partial charge in [-0.1, -0.05) is 56.3 Å². The van der Waals surface area contributed by atoms with Crippen molar-refractivity contribution >= 4 is 16.9 Å². The highest BCUT2D eigenvalue weighted by atomic mass is 16.5. The van der Waals surface area contributed by atoms with E-state index in [0.29, 0.717) is 31.2 Å². The molecule has 0 unspecified atom stereocenters. The van der Waals surface area contributed by atoms with Crippen LogP contribution in [0.5, 0.6) is 0 Å². The van der Waals surface area contributed by atoms with E-state index in [1.54, 1.807) is 23.1 Å². The Morgan fingerprint density at radius 3 is 2.60 bits per heavy atom. The first-order valence-corrected chi connectivity index (χ1v) is 10.5. The maximum Gasteiger partial charge on any atom is 0.349 e. The molecular weight excluding hydrogens is 378 g/mol. The summed E-state index contributed by atoms with van der Waals surface area (Å²) in [4.78, 5) is 27.6. The van der Waals surface area contributed by atoms with Crippen LogP contribution < -0.4 is 5.63 Å². The predicted molar refractivity (Wildman–Crippen MR) is 117 cm³/mol. The second-order valence-electron chi connectivity index (χ2n) is 8.20. The summed E-state index contributed by atoms with van der Waals surface area (Å²) in [6.45, 7) is 5.90. The van der Waals surface area contributed by atoms with Crippen LogP contribution in [-0.2, 0) is 11.3 Å². The fourth-order valence-electron chi connectivity index (χ4n) is 3.86. The third-order valence-electron chi connectivity index (χ3n) is 5.63. The number of rotatable bonds is 6. The summed E-state index contributed by atoms with van der Waals surface area (Å²) in [6.07, 6.45) is 1.91. The lowest BCUT2D eigenvalue weighted by molar-refractivity contribution is 0.0504.